The molecule has 0 spiro atoms. The topological polar surface area (TPSA) is 43.1 Å². The first-order chi connectivity index (χ1) is 6.86. The number of aromatic nitrogens is 3. The van der Waals surface area contributed by atoms with Gasteiger partial charge in [0, 0.05) is 6.20 Å². The summed E-state index contributed by atoms with van der Waals surface area (Å²) in [7, 11) is 0. The molecule has 0 aliphatic rings. The second kappa shape index (κ2) is 4.24. The van der Waals surface area contributed by atoms with Crippen LogP contribution in [0, 0.1) is 6.92 Å². The van der Waals surface area contributed by atoms with Gasteiger partial charge >= 0.3 is 5.38 Å². The van der Waals surface area contributed by atoms with Crippen molar-refractivity contribution in [3.63, 3.8) is 0 Å². The van der Waals surface area contributed by atoms with Crippen LogP contribution in [0.3, 0.4) is 0 Å². The Balaban J connectivity index is 3.28. The van der Waals surface area contributed by atoms with Gasteiger partial charge in [-0.3, -0.25) is 9.56 Å². The second-order valence-electron chi connectivity index (χ2n) is 2.55. The first kappa shape index (κ1) is 12.1. The van der Waals surface area contributed by atoms with Gasteiger partial charge in [0.25, 0.3) is 0 Å². The van der Waals surface area contributed by atoms with Crippen molar-refractivity contribution in [3.05, 3.63) is 16.8 Å². The third-order valence-corrected chi connectivity index (χ3v) is 1.89. The second-order valence-corrected chi connectivity index (χ2v) is 3.41. The van der Waals surface area contributed by atoms with Crippen LogP contribution in [0.5, 0.6) is 0 Å². The summed E-state index contributed by atoms with van der Waals surface area (Å²) in [6, 6.07) is 0. The first-order valence-electron chi connectivity index (χ1n) is 3.69. The molecule has 0 aliphatic heterocycles. The van der Waals surface area contributed by atoms with Gasteiger partial charge < -0.3 is 0 Å². The average molecular weight is 255 g/mol. The van der Waals surface area contributed by atoms with Crippen molar-refractivity contribution >= 4 is 36.1 Å². The minimum atomic E-state index is -3.61. The SMILES string of the molecule is C=N/C(Cl)=C\n1c(C)nnc1C(F)(F)Cl. The number of aryl methyl sites for hydroxylation is 1. The fourth-order valence-electron chi connectivity index (χ4n) is 0.865. The van der Waals surface area contributed by atoms with Crippen molar-refractivity contribution < 1.29 is 8.78 Å². The highest BCUT2D eigenvalue weighted by molar-refractivity contribution is 6.31. The van der Waals surface area contributed by atoms with Crippen molar-refractivity contribution in [2.45, 2.75) is 12.3 Å². The first-order valence-corrected chi connectivity index (χ1v) is 4.44. The van der Waals surface area contributed by atoms with E-state index in [4.69, 9.17) is 23.2 Å². The average Bonchev–Trinajstić information content (AvgIpc) is 2.47. The summed E-state index contributed by atoms with van der Waals surface area (Å²) in [4.78, 5) is 3.34. The minimum Gasteiger partial charge on any atom is -0.281 e. The molecule has 0 N–H and O–H groups in total. The van der Waals surface area contributed by atoms with Crippen LogP contribution in [0.2, 0.25) is 0 Å². The monoisotopic (exact) mass is 254 g/mol. The fraction of sp³-hybridized carbons (Fsp3) is 0.286. The van der Waals surface area contributed by atoms with E-state index in [-0.39, 0.29) is 11.0 Å². The molecular formula is C7H6Cl2F2N4. The number of hydrogen-bond acceptors (Lipinski definition) is 3. The number of hydrogen-bond donors (Lipinski definition) is 0. The Morgan fingerprint density at radius 1 is 1.60 bits per heavy atom. The van der Waals surface area contributed by atoms with Gasteiger partial charge in [-0.1, -0.05) is 11.6 Å². The molecule has 8 heteroatoms. The lowest BCUT2D eigenvalue weighted by Gasteiger charge is -2.07. The van der Waals surface area contributed by atoms with Gasteiger partial charge in [-0.25, -0.2) is 0 Å². The van der Waals surface area contributed by atoms with E-state index in [0.717, 1.165) is 10.8 Å². The van der Waals surface area contributed by atoms with Gasteiger partial charge in [0.15, 0.2) is 0 Å². The van der Waals surface area contributed by atoms with Crippen molar-refractivity contribution in [2.24, 2.45) is 4.99 Å². The van der Waals surface area contributed by atoms with E-state index < -0.39 is 11.2 Å². The van der Waals surface area contributed by atoms with E-state index >= 15 is 0 Å². The molecule has 0 aliphatic carbocycles. The Labute approximate surface area is 94.2 Å². The van der Waals surface area contributed by atoms with Crippen LogP contribution in [0.4, 0.5) is 8.78 Å². The molecule has 82 valence electrons. The van der Waals surface area contributed by atoms with Crippen LogP contribution in [-0.4, -0.2) is 21.5 Å². The molecule has 15 heavy (non-hydrogen) atoms. The van der Waals surface area contributed by atoms with Crippen LogP contribution >= 0.6 is 23.2 Å². The number of nitrogens with zero attached hydrogens (tertiary/aromatic N) is 4. The molecule has 0 aromatic carbocycles. The molecule has 0 radical (unpaired) electrons. The maximum atomic E-state index is 12.8. The molecular weight excluding hydrogens is 249 g/mol. The molecule has 1 aromatic rings. The smallest absolute Gasteiger partial charge is 0.281 e. The minimum absolute atomic E-state index is 0.0694. The molecule has 0 atom stereocenters. The molecule has 1 heterocycles. The van der Waals surface area contributed by atoms with Gasteiger partial charge in [-0.05, 0) is 25.2 Å². The summed E-state index contributed by atoms with van der Waals surface area (Å²) in [6.07, 6.45) is 1.11. The van der Waals surface area contributed by atoms with Gasteiger partial charge in [-0.2, -0.15) is 8.78 Å². The Hall–Kier alpha value is -1.01. The van der Waals surface area contributed by atoms with E-state index in [1.807, 2.05) is 0 Å². The Kier molecular flexibility index (Phi) is 3.41. The molecule has 1 rings (SSSR count). The van der Waals surface area contributed by atoms with E-state index in [9.17, 15) is 8.78 Å². The van der Waals surface area contributed by atoms with Crippen LogP contribution in [0.15, 0.2) is 10.1 Å². The van der Waals surface area contributed by atoms with E-state index in [1.54, 1.807) is 0 Å². The largest absolute Gasteiger partial charge is 0.382 e. The highest BCUT2D eigenvalue weighted by atomic mass is 35.5. The van der Waals surface area contributed by atoms with Gasteiger partial charge in [0.1, 0.15) is 11.0 Å². The molecule has 0 saturated carbocycles. The van der Waals surface area contributed by atoms with E-state index in [0.29, 0.717) is 0 Å². The number of alkyl halides is 3. The lowest BCUT2D eigenvalue weighted by Crippen LogP contribution is -2.11. The maximum absolute atomic E-state index is 12.8. The predicted octanol–water partition coefficient (Wildman–Crippen LogP) is 2.57. The Bertz CT molecular complexity index is 408. The lowest BCUT2D eigenvalue weighted by molar-refractivity contribution is 0.0827. The maximum Gasteiger partial charge on any atom is 0.382 e. The summed E-state index contributed by atoms with van der Waals surface area (Å²) in [5, 5.41) is 3.01. The molecule has 0 amide bonds. The van der Waals surface area contributed by atoms with Crippen molar-refractivity contribution in [2.75, 3.05) is 0 Å². The normalized spacial score (nSPS) is 13.0. The number of rotatable bonds is 3. The Morgan fingerprint density at radius 3 is 2.67 bits per heavy atom. The van der Waals surface area contributed by atoms with Gasteiger partial charge in [-0.15, -0.1) is 10.2 Å². The van der Waals surface area contributed by atoms with Gasteiger partial charge in [0.05, 0.1) is 0 Å². The number of aliphatic imine (C=N–C) groups is 1. The Morgan fingerprint density at radius 2 is 2.20 bits per heavy atom. The fourth-order valence-corrected chi connectivity index (χ4v) is 1.09. The highest BCUT2D eigenvalue weighted by Crippen LogP contribution is 2.31. The highest BCUT2D eigenvalue weighted by Gasteiger charge is 2.35. The number of halogens is 4. The van der Waals surface area contributed by atoms with Crippen molar-refractivity contribution in [3.8, 4) is 0 Å². The van der Waals surface area contributed by atoms with Crippen molar-refractivity contribution in [1.29, 1.82) is 0 Å². The van der Waals surface area contributed by atoms with Crippen LogP contribution < -0.4 is 0 Å². The van der Waals surface area contributed by atoms with Crippen LogP contribution in [-0.2, 0) is 5.38 Å². The van der Waals surface area contributed by atoms with Crippen LogP contribution in [0.25, 0.3) is 6.20 Å². The molecule has 1 aromatic heterocycles. The summed E-state index contributed by atoms with van der Waals surface area (Å²) < 4.78 is 26.6. The molecule has 0 unspecified atom stereocenters. The lowest BCUT2D eigenvalue weighted by atomic mass is 10.5. The molecule has 0 fully saturated rings. The zero-order chi connectivity index (χ0) is 11.6. The van der Waals surface area contributed by atoms with Crippen LogP contribution in [0.1, 0.15) is 11.6 Å². The summed E-state index contributed by atoms with van der Waals surface area (Å²) in [5.41, 5.74) is 0. The van der Waals surface area contributed by atoms with E-state index in [1.165, 1.54) is 6.92 Å². The summed E-state index contributed by atoms with van der Waals surface area (Å²) in [5.74, 6) is -0.504. The van der Waals surface area contributed by atoms with Gasteiger partial charge in [0.2, 0.25) is 5.82 Å². The third-order valence-electron chi connectivity index (χ3n) is 1.51. The molecule has 0 bridgehead atoms. The third kappa shape index (κ3) is 2.73. The van der Waals surface area contributed by atoms with Crippen molar-refractivity contribution in [1.82, 2.24) is 14.8 Å². The summed E-state index contributed by atoms with van der Waals surface area (Å²) >= 11 is 10.3. The predicted molar refractivity (Wildman–Crippen MR) is 54.2 cm³/mol. The molecule has 4 nitrogen and oxygen atoms in total. The quantitative estimate of drug-likeness (QED) is 0.473. The zero-order valence-corrected chi connectivity index (χ0v) is 9.10. The van der Waals surface area contributed by atoms with E-state index in [2.05, 4.69) is 21.9 Å². The standard InChI is InChI=1S/C7H6Cl2F2N4/c1-4-13-14-6(7(9,10)11)15(4)3-5(8)12-2/h3H,2H2,1H3/b5-3-. The summed E-state index contributed by atoms with van der Waals surface area (Å²) in [6.45, 7) is 4.61. The zero-order valence-electron chi connectivity index (χ0n) is 7.59. The molecule has 0 saturated heterocycles.